The van der Waals surface area contributed by atoms with E-state index in [4.69, 9.17) is 5.73 Å². The normalized spacial score (nSPS) is 20.6. The van der Waals surface area contributed by atoms with Crippen LogP contribution in [0.2, 0.25) is 0 Å². The van der Waals surface area contributed by atoms with Gasteiger partial charge < -0.3 is 16.2 Å². The van der Waals surface area contributed by atoms with Crippen LogP contribution >= 0.6 is 35.3 Å². The predicted octanol–water partition coefficient (Wildman–Crippen LogP) is -1.26. The molecule has 0 aliphatic carbocycles. The molecule has 2 aliphatic rings. The zero-order valence-electron chi connectivity index (χ0n) is 15.8. The highest BCUT2D eigenvalue weighted by molar-refractivity contribution is 8.01. The minimum atomic E-state index is -1.20. The fraction of sp³-hybridized carbons (Fsp3) is 0.533. The second-order valence-electron chi connectivity index (χ2n) is 6.33. The Morgan fingerprint density at radius 2 is 2.17 bits per heavy atom. The molecular weight excluding hydrogens is 454 g/mol. The van der Waals surface area contributed by atoms with Crippen molar-refractivity contribution in [3.8, 4) is 0 Å². The quantitative estimate of drug-likeness (QED) is 0.273. The Labute approximate surface area is 183 Å². The van der Waals surface area contributed by atoms with Crippen molar-refractivity contribution in [1.82, 2.24) is 30.4 Å². The fourth-order valence-corrected chi connectivity index (χ4v) is 5.68. The number of nitrogens with two attached hydrogens (primary N) is 1. The van der Waals surface area contributed by atoms with Gasteiger partial charge in [-0.25, -0.2) is 9.48 Å². The number of aliphatic carboxylic acids is 1. The number of aryl methyl sites for hydroxylation is 1. The molecule has 3 amide bonds. The van der Waals surface area contributed by atoms with Gasteiger partial charge in [-0.15, -0.1) is 16.9 Å². The minimum Gasteiger partial charge on any atom is -0.477 e. The monoisotopic (exact) mass is 473 g/mol. The number of carbonyl (C=O) groups is 4. The fourth-order valence-electron chi connectivity index (χ4n) is 2.95. The van der Waals surface area contributed by atoms with Crippen LogP contribution in [0.4, 0.5) is 0 Å². The summed E-state index contributed by atoms with van der Waals surface area (Å²) >= 11 is 3.95. The number of nitrogens with zero attached hydrogens (tertiary/aromatic N) is 5. The summed E-state index contributed by atoms with van der Waals surface area (Å²) in [6.45, 7) is 0.217. The van der Waals surface area contributed by atoms with Crippen LogP contribution in [0.3, 0.4) is 0 Å². The number of nitrogens with one attached hydrogen (secondary N) is 1. The summed E-state index contributed by atoms with van der Waals surface area (Å²) in [7, 11) is 0. The Hall–Kier alpha value is -2.26. The summed E-state index contributed by atoms with van der Waals surface area (Å²) in [5.41, 5.74) is 5.63. The standard InChI is InChI=1S/C15H19N7O5S3/c1-28-6-9(24)17-10-12(25)22-11(14(26)27)7(4-29-13(10)22)5-30-15-18-19-20-21(15)3-2-8(16)23/h10,13H,2-6H2,1H3,(H2,16,23)(H,17,24)(H,26,27)/t10?,13-/m1/s1. The lowest BCUT2D eigenvalue weighted by molar-refractivity contribution is -0.150. The van der Waals surface area contributed by atoms with Crippen LogP contribution < -0.4 is 11.1 Å². The van der Waals surface area contributed by atoms with Gasteiger partial charge >= 0.3 is 5.97 Å². The summed E-state index contributed by atoms with van der Waals surface area (Å²) in [6.07, 6.45) is 1.86. The van der Waals surface area contributed by atoms with E-state index < -0.39 is 29.2 Å². The number of β-lactam (4-membered cyclic amide) rings is 1. The minimum absolute atomic E-state index is 0.0669. The van der Waals surface area contributed by atoms with E-state index >= 15 is 0 Å². The Bertz CT molecular complexity index is 905. The molecule has 0 spiro atoms. The van der Waals surface area contributed by atoms with Crippen molar-refractivity contribution in [3.05, 3.63) is 11.3 Å². The van der Waals surface area contributed by atoms with Gasteiger partial charge in [-0.1, -0.05) is 11.8 Å². The number of hydrogen-bond acceptors (Lipinski definition) is 10. The number of primary amides is 1. The van der Waals surface area contributed by atoms with Crippen molar-refractivity contribution in [3.63, 3.8) is 0 Å². The SMILES string of the molecule is CSCC(=O)NC1C(=O)N2C(C(=O)O)=C(CSc3nnnn3CCC(N)=O)CS[C@H]12. The molecule has 1 saturated heterocycles. The average Bonchev–Trinajstić information content (AvgIpc) is 3.15. The van der Waals surface area contributed by atoms with E-state index in [9.17, 15) is 24.3 Å². The number of carboxylic acids is 1. The molecule has 4 N–H and O–H groups in total. The van der Waals surface area contributed by atoms with Crippen LogP contribution in [0.5, 0.6) is 0 Å². The number of carboxylic acid groups (broad SMARTS) is 1. The molecule has 1 unspecified atom stereocenters. The Morgan fingerprint density at radius 1 is 1.40 bits per heavy atom. The van der Waals surface area contributed by atoms with E-state index in [1.54, 1.807) is 6.26 Å². The number of hydrogen-bond donors (Lipinski definition) is 3. The molecule has 12 nitrogen and oxygen atoms in total. The summed E-state index contributed by atoms with van der Waals surface area (Å²) < 4.78 is 1.42. The largest absolute Gasteiger partial charge is 0.477 e. The van der Waals surface area contributed by atoms with Crippen LogP contribution in [0, 0.1) is 0 Å². The lowest BCUT2D eigenvalue weighted by Gasteiger charge is -2.49. The lowest BCUT2D eigenvalue weighted by atomic mass is 10.0. The van der Waals surface area contributed by atoms with E-state index in [0.29, 0.717) is 16.5 Å². The third-order valence-electron chi connectivity index (χ3n) is 4.29. The van der Waals surface area contributed by atoms with Gasteiger partial charge in [-0.2, -0.15) is 11.8 Å². The van der Waals surface area contributed by atoms with Gasteiger partial charge in [-0.05, 0) is 22.3 Å². The Balaban J connectivity index is 1.70. The van der Waals surface area contributed by atoms with Crippen molar-refractivity contribution in [2.45, 2.75) is 29.5 Å². The maximum Gasteiger partial charge on any atom is 0.352 e. The Morgan fingerprint density at radius 3 is 2.83 bits per heavy atom. The molecule has 0 saturated carbocycles. The van der Waals surface area contributed by atoms with Gasteiger partial charge in [0.2, 0.25) is 17.0 Å². The second-order valence-corrected chi connectivity index (χ2v) is 9.25. The topological polar surface area (TPSA) is 173 Å². The van der Waals surface area contributed by atoms with Crippen LogP contribution in [-0.2, 0) is 25.7 Å². The average molecular weight is 474 g/mol. The first-order valence-corrected chi connectivity index (χ1v) is 12.1. The molecule has 3 rings (SSSR count). The van der Waals surface area contributed by atoms with E-state index in [1.807, 2.05) is 0 Å². The van der Waals surface area contributed by atoms with Crippen LogP contribution in [-0.4, -0.2) is 88.8 Å². The van der Waals surface area contributed by atoms with E-state index in [-0.39, 0.29) is 36.1 Å². The lowest BCUT2D eigenvalue weighted by Crippen LogP contribution is -2.70. The van der Waals surface area contributed by atoms with E-state index in [1.165, 1.54) is 44.9 Å². The van der Waals surface area contributed by atoms with Gasteiger partial charge in [0.05, 0.1) is 12.3 Å². The molecule has 2 aliphatic heterocycles. The van der Waals surface area contributed by atoms with Crippen molar-refractivity contribution < 1.29 is 24.3 Å². The number of thioether (sulfide) groups is 3. The van der Waals surface area contributed by atoms with E-state index in [0.717, 1.165) is 0 Å². The second kappa shape index (κ2) is 9.70. The zero-order chi connectivity index (χ0) is 21.8. The van der Waals surface area contributed by atoms with Crippen molar-refractivity contribution in [2.75, 3.05) is 23.5 Å². The van der Waals surface area contributed by atoms with Crippen molar-refractivity contribution in [1.29, 1.82) is 0 Å². The molecule has 1 fully saturated rings. The van der Waals surface area contributed by atoms with Gasteiger partial charge in [0, 0.05) is 17.9 Å². The molecule has 15 heteroatoms. The zero-order valence-corrected chi connectivity index (χ0v) is 18.3. The molecular formula is C15H19N7O5S3. The van der Waals surface area contributed by atoms with Gasteiger partial charge in [0.25, 0.3) is 5.91 Å². The van der Waals surface area contributed by atoms with Crippen LogP contribution in [0.1, 0.15) is 6.42 Å². The maximum absolute atomic E-state index is 12.5. The molecule has 1 aromatic rings. The smallest absolute Gasteiger partial charge is 0.352 e. The molecule has 3 heterocycles. The van der Waals surface area contributed by atoms with Gasteiger partial charge in [-0.3, -0.25) is 19.3 Å². The number of aromatic nitrogens is 4. The third kappa shape index (κ3) is 4.73. The van der Waals surface area contributed by atoms with Crippen LogP contribution in [0.25, 0.3) is 0 Å². The first-order chi connectivity index (χ1) is 14.3. The van der Waals surface area contributed by atoms with Crippen LogP contribution in [0.15, 0.2) is 16.4 Å². The molecule has 1 aromatic heterocycles. The Kier molecular flexibility index (Phi) is 7.25. The number of amides is 3. The number of carbonyl (C=O) groups excluding carboxylic acids is 3. The first kappa shape index (κ1) is 22.4. The summed E-state index contributed by atoms with van der Waals surface area (Å²) in [6, 6.07) is -0.723. The summed E-state index contributed by atoms with van der Waals surface area (Å²) in [5.74, 6) is -1.50. The molecule has 30 heavy (non-hydrogen) atoms. The highest BCUT2D eigenvalue weighted by Crippen LogP contribution is 2.41. The molecule has 0 aromatic carbocycles. The molecule has 0 radical (unpaired) electrons. The summed E-state index contributed by atoms with van der Waals surface area (Å²) in [4.78, 5) is 48.4. The van der Waals surface area contributed by atoms with Gasteiger partial charge in [0.1, 0.15) is 17.1 Å². The molecule has 2 atom stereocenters. The molecule has 0 bridgehead atoms. The number of fused-ring (bicyclic) bond motifs is 1. The van der Waals surface area contributed by atoms with E-state index in [2.05, 4.69) is 20.8 Å². The highest BCUT2D eigenvalue weighted by Gasteiger charge is 2.54. The first-order valence-electron chi connectivity index (χ1n) is 8.69. The highest BCUT2D eigenvalue weighted by atomic mass is 32.2. The van der Waals surface area contributed by atoms with Gasteiger partial charge in [0.15, 0.2) is 0 Å². The third-order valence-corrected chi connectivity index (χ3v) is 7.22. The maximum atomic E-state index is 12.5. The predicted molar refractivity (Wildman–Crippen MR) is 110 cm³/mol. The van der Waals surface area contributed by atoms with Crippen molar-refractivity contribution in [2.24, 2.45) is 5.73 Å². The summed E-state index contributed by atoms with van der Waals surface area (Å²) in [5, 5.41) is 23.6. The number of rotatable bonds is 10. The number of tetrazole rings is 1. The van der Waals surface area contributed by atoms with Crippen molar-refractivity contribution >= 4 is 59.0 Å². The molecule has 162 valence electrons.